The van der Waals surface area contributed by atoms with Crippen molar-refractivity contribution in [2.75, 3.05) is 18.4 Å². The fourth-order valence-corrected chi connectivity index (χ4v) is 3.48. The van der Waals surface area contributed by atoms with E-state index in [1.165, 1.54) is 23.8 Å². The number of hydrogen-bond acceptors (Lipinski definition) is 4. The van der Waals surface area contributed by atoms with Crippen LogP contribution in [0.2, 0.25) is 0 Å². The zero-order valence-corrected chi connectivity index (χ0v) is 13.1. The molecule has 3 rings (SSSR count). The maximum absolute atomic E-state index is 12.5. The van der Waals surface area contributed by atoms with Crippen molar-refractivity contribution in [1.82, 2.24) is 14.5 Å². The molecule has 1 aliphatic carbocycles. The van der Waals surface area contributed by atoms with Gasteiger partial charge in [0.15, 0.2) is 5.82 Å². The van der Waals surface area contributed by atoms with Crippen LogP contribution < -0.4 is 10.9 Å². The summed E-state index contributed by atoms with van der Waals surface area (Å²) >= 11 is 0. The third-order valence-corrected chi connectivity index (χ3v) is 4.81. The maximum atomic E-state index is 12.5. The fourth-order valence-electron chi connectivity index (χ4n) is 3.48. The SMILES string of the molecule is Cn1ccnc(NC2CCN(C(=O)C3CCCCC3)C2)c1=O. The Morgan fingerprint density at radius 3 is 2.82 bits per heavy atom. The highest BCUT2D eigenvalue weighted by Gasteiger charge is 2.31. The van der Waals surface area contributed by atoms with E-state index >= 15 is 0 Å². The number of aromatic nitrogens is 2. The number of nitrogens with zero attached hydrogens (tertiary/aromatic N) is 3. The summed E-state index contributed by atoms with van der Waals surface area (Å²) in [4.78, 5) is 30.6. The number of hydrogen-bond donors (Lipinski definition) is 1. The van der Waals surface area contributed by atoms with Crippen LogP contribution in [-0.4, -0.2) is 39.5 Å². The Bertz CT molecular complexity index is 592. The van der Waals surface area contributed by atoms with Crippen LogP contribution in [0.1, 0.15) is 38.5 Å². The predicted molar refractivity (Wildman–Crippen MR) is 84.7 cm³/mol. The summed E-state index contributed by atoms with van der Waals surface area (Å²) in [5, 5.41) is 3.20. The molecule has 22 heavy (non-hydrogen) atoms. The lowest BCUT2D eigenvalue weighted by atomic mass is 9.88. The van der Waals surface area contributed by atoms with E-state index in [-0.39, 0.29) is 17.5 Å². The molecule has 1 aromatic rings. The third-order valence-electron chi connectivity index (χ3n) is 4.81. The Morgan fingerprint density at radius 2 is 2.05 bits per heavy atom. The zero-order valence-electron chi connectivity index (χ0n) is 13.1. The standard InChI is InChI=1S/C16H24N4O2/c1-19-10-8-17-14(16(19)22)18-13-7-9-20(11-13)15(21)12-5-3-2-4-6-12/h8,10,12-13H,2-7,9,11H2,1H3,(H,17,18). The maximum Gasteiger partial charge on any atom is 0.293 e. The van der Waals surface area contributed by atoms with Gasteiger partial charge in [0.05, 0.1) is 0 Å². The average molecular weight is 304 g/mol. The predicted octanol–water partition coefficient (Wildman–Crippen LogP) is 1.37. The first-order valence-corrected chi connectivity index (χ1v) is 8.22. The van der Waals surface area contributed by atoms with Crippen molar-refractivity contribution >= 4 is 11.7 Å². The monoisotopic (exact) mass is 304 g/mol. The lowest BCUT2D eigenvalue weighted by Gasteiger charge is -2.26. The van der Waals surface area contributed by atoms with Gasteiger partial charge >= 0.3 is 0 Å². The summed E-state index contributed by atoms with van der Waals surface area (Å²) in [7, 11) is 1.71. The van der Waals surface area contributed by atoms with E-state index in [0.717, 1.165) is 25.8 Å². The summed E-state index contributed by atoms with van der Waals surface area (Å²) in [6.45, 7) is 1.45. The van der Waals surface area contributed by atoms with Gasteiger partial charge in [-0.05, 0) is 19.3 Å². The van der Waals surface area contributed by atoms with Crippen molar-refractivity contribution in [3.63, 3.8) is 0 Å². The number of carbonyl (C=O) groups excluding carboxylic acids is 1. The van der Waals surface area contributed by atoms with Crippen LogP contribution in [0.15, 0.2) is 17.2 Å². The zero-order chi connectivity index (χ0) is 15.5. The van der Waals surface area contributed by atoms with Gasteiger partial charge in [0.2, 0.25) is 5.91 Å². The topological polar surface area (TPSA) is 67.2 Å². The van der Waals surface area contributed by atoms with Gasteiger partial charge in [-0.15, -0.1) is 0 Å². The minimum atomic E-state index is -0.125. The van der Waals surface area contributed by atoms with Gasteiger partial charge in [-0.2, -0.15) is 0 Å². The van der Waals surface area contributed by atoms with Crippen molar-refractivity contribution in [3.8, 4) is 0 Å². The molecular weight excluding hydrogens is 280 g/mol. The van der Waals surface area contributed by atoms with Crippen molar-refractivity contribution in [3.05, 3.63) is 22.7 Å². The van der Waals surface area contributed by atoms with Crippen LogP contribution in [0.4, 0.5) is 5.82 Å². The number of carbonyl (C=O) groups is 1. The highest BCUT2D eigenvalue weighted by molar-refractivity contribution is 5.79. The molecule has 0 bridgehead atoms. The molecule has 120 valence electrons. The van der Waals surface area contributed by atoms with E-state index in [4.69, 9.17) is 0 Å². The molecular formula is C16H24N4O2. The average Bonchev–Trinajstić information content (AvgIpc) is 3.00. The second-order valence-corrected chi connectivity index (χ2v) is 6.44. The lowest BCUT2D eigenvalue weighted by Crippen LogP contribution is -2.37. The number of nitrogens with one attached hydrogen (secondary N) is 1. The lowest BCUT2D eigenvalue weighted by molar-refractivity contribution is -0.135. The summed E-state index contributed by atoms with van der Waals surface area (Å²) in [6.07, 6.45) is 9.81. The van der Waals surface area contributed by atoms with Crippen molar-refractivity contribution in [2.45, 2.75) is 44.6 Å². The number of aryl methyl sites for hydroxylation is 1. The van der Waals surface area contributed by atoms with Crippen LogP contribution in [-0.2, 0) is 11.8 Å². The highest BCUT2D eigenvalue weighted by Crippen LogP contribution is 2.27. The van der Waals surface area contributed by atoms with Crippen LogP contribution in [0.3, 0.4) is 0 Å². The van der Waals surface area contributed by atoms with Crippen LogP contribution >= 0.6 is 0 Å². The van der Waals surface area contributed by atoms with E-state index in [1.807, 2.05) is 4.90 Å². The van der Waals surface area contributed by atoms with Gasteiger partial charge in [0.25, 0.3) is 5.56 Å². The molecule has 0 radical (unpaired) electrons. The largest absolute Gasteiger partial charge is 0.361 e. The molecule has 1 atom stereocenters. The number of rotatable bonds is 3. The molecule has 6 nitrogen and oxygen atoms in total. The van der Waals surface area contributed by atoms with Gasteiger partial charge in [-0.1, -0.05) is 19.3 Å². The normalized spacial score (nSPS) is 22.8. The smallest absolute Gasteiger partial charge is 0.293 e. The third kappa shape index (κ3) is 3.15. The quantitative estimate of drug-likeness (QED) is 0.916. The van der Waals surface area contributed by atoms with Crippen molar-refractivity contribution in [1.29, 1.82) is 0 Å². The molecule has 2 heterocycles. The molecule has 0 spiro atoms. The second kappa shape index (κ2) is 6.50. The first kappa shape index (κ1) is 15.1. The first-order valence-electron chi connectivity index (χ1n) is 8.22. The van der Waals surface area contributed by atoms with Crippen LogP contribution in [0.25, 0.3) is 0 Å². The van der Waals surface area contributed by atoms with E-state index in [2.05, 4.69) is 10.3 Å². The molecule has 1 amide bonds. The summed E-state index contributed by atoms with van der Waals surface area (Å²) < 4.78 is 1.51. The summed E-state index contributed by atoms with van der Waals surface area (Å²) in [6, 6.07) is 0.121. The molecule has 2 fully saturated rings. The molecule has 1 saturated carbocycles. The molecule has 0 aromatic carbocycles. The van der Waals surface area contributed by atoms with Crippen LogP contribution in [0.5, 0.6) is 0 Å². The molecule has 1 saturated heterocycles. The van der Waals surface area contributed by atoms with Crippen molar-refractivity contribution in [2.24, 2.45) is 13.0 Å². The number of amides is 1. The van der Waals surface area contributed by atoms with E-state index in [0.29, 0.717) is 18.3 Å². The molecule has 2 aliphatic rings. The van der Waals surface area contributed by atoms with Gasteiger partial charge in [-0.3, -0.25) is 9.59 Å². The Hall–Kier alpha value is -1.85. The van der Waals surface area contributed by atoms with Gasteiger partial charge in [0, 0.05) is 44.5 Å². The van der Waals surface area contributed by atoms with E-state index in [9.17, 15) is 9.59 Å². The van der Waals surface area contributed by atoms with Gasteiger partial charge < -0.3 is 14.8 Å². The minimum absolute atomic E-state index is 0.121. The molecule has 1 aliphatic heterocycles. The second-order valence-electron chi connectivity index (χ2n) is 6.44. The molecule has 1 N–H and O–H groups in total. The number of likely N-dealkylation sites (tertiary alicyclic amines) is 1. The minimum Gasteiger partial charge on any atom is -0.361 e. The molecule has 1 unspecified atom stereocenters. The van der Waals surface area contributed by atoms with Gasteiger partial charge in [0.1, 0.15) is 0 Å². The highest BCUT2D eigenvalue weighted by atomic mass is 16.2. The van der Waals surface area contributed by atoms with Crippen LogP contribution in [0, 0.1) is 5.92 Å². The Kier molecular flexibility index (Phi) is 4.45. The van der Waals surface area contributed by atoms with E-state index < -0.39 is 0 Å². The Balaban J connectivity index is 1.59. The van der Waals surface area contributed by atoms with Gasteiger partial charge in [-0.25, -0.2) is 4.98 Å². The summed E-state index contributed by atoms with van der Waals surface area (Å²) in [5.41, 5.74) is -0.125. The Labute approximate surface area is 130 Å². The Morgan fingerprint density at radius 1 is 1.27 bits per heavy atom. The molecule has 6 heteroatoms. The van der Waals surface area contributed by atoms with Crippen molar-refractivity contribution < 1.29 is 4.79 Å². The molecule has 1 aromatic heterocycles. The first-order chi connectivity index (χ1) is 10.6. The fraction of sp³-hybridized carbons (Fsp3) is 0.688. The number of anilines is 1. The van der Waals surface area contributed by atoms with E-state index in [1.54, 1.807) is 19.4 Å². The summed E-state index contributed by atoms with van der Waals surface area (Å²) in [5.74, 6) is 0.898.